The maximum Gasteiger partial charge on any atom is 0.219 e. The van der Waals surface area contributed by atoms with Gasteiger partial charge in [0, 0.05) is 32.6 Å². The molecule has 0 aromatic carbocycles. The van der Waals surface area contributed by atoms with E-state index in [1.807, 2.05) is 13.8 Å². The molecule has 0 radical (unpaired) electrons. The lowest BCUT2D eigenvalue weighted by atomic mass is 9.83. The lowest BCUT2D eigenvalue weighted by Crippen LogP contribution is -2.30. The molecule has 1 amide bonds. The third kappa shape index (κ3) is 25.2. The van der Waals surface area contributed by atoms with E-state index in [1.165, 1.54) is 25.7 Å². The molecule has 0 rings (SSSR count). The van der Waals surface area contributed by atoms with Gasteiger partial charge in [0.25, 0.3) is 0 Å². The third-order valence-electron chi connectivity index (χ3n) is 8.61. The molecule has 0 aromatic rings. The molecule has 0 aliphatic heterocycles. The van der Waals surface area contributed by atoms with Crippen LogP contribution in [-0.4, -0.2) is 70.1 Å². The summed E-state index contributed by atoms with van der Waals surface area (Å²) in [7, 11) is 0. The molecule has 0 aliphatic carbocycles. The molecule has 0 saturated heterocycles. The van der Waals surface area contributed by atoms with Gasteiger partial charge in [0.1, 0.15) is 5.78 Å². The predicted molar refractivity (Wildman–Crippen MR) is 183 cm³/mol. The minimum Gasteiger partial charge on any atom is -0.379 e. The summed E-state index contributed by atoms with van der Waals surface area (Å²) in [5.41, 5.74) is 0.00867. The van der Waals surface area contributed by atoms with E-state index in [4.69, 9.17) is 18.9 Å². The number of carbonyl (C=O) groups excluding carboxylic acids is 2. The van der Waals surface area contributed by atoms with E-state index in [0.717, 1.165) is 71.0 Å². The Kier molecular flexibility index (Phi) is 27.6. The summed E-state index contributed by atoms with van der Waals surface area (Å²) >= 11 is 0. The molecule has 0 spiro atoms. The second-order valence-electron chi connectivity index (χ2n) is 13.7. The fraction of sp³-hybridized carbons (Fsp3) is 0.946. The van der Waals surface area contributed by atoms with Crippen molar-refractivity contribution in [1.82, 2.24) is 5.32 Å². The maximum atomic E-state index is 12.2. The molecule has 1 N–H and O–H groups in total. The van der Waals surface area contributed by atoms with Crippen molar-refractivity contribution < 1.29 is 28.5 Å². The zero-order valence-corrected chi connectivity index (χ0v) is 30.3. The summed E-state index contributed by atoms with van der Waals surface area (Å²) < 4.78 is 23.8. The number of Topliss-reactive ketones (excluding diaryl/α,β-unsaturated/α-hetero) is 1. The van der Waals surface area contributed by atoms with E-state index < -0.39 is 0 Å². The molecule has 0 bridgehead atoms. The molecule has 44 heavy (non-hydrogen) atoms. The lowest BCUT2D eigenvalue weighted by molar-refractivity contribution is -0.121. The Morgan fingerprint density at radius 1 is 0.705 bits per heavy atom. The Bertz CT molecular complexity index is 685. The number of carbonyl (C=O) groups is 2. The monoisotopic (exact) mass is 628 g/mol. The molecule has 0 fully saturated rings. The van der Waals surface area contributed by atoms with Crippen LogP contribution in [0.1, 0.15) is 152 Å². The van der Waals surface area contributed by atoms with E-state index in [2.05, 4.69) is 39.9 Å². The summed E-state index contributed by atoms with van der Waals surface area (Å²) in [5, 5.41) is 3.05. The number of ether oxygens (including phenoxy) is 4. The molecule has 0 heterocycles. The number of rotatable bonds is 32. The number of ketones is 1. The Morgan fingerprint density at radius 2 is 1.23 bits per heavy atom. The first kappa shape index (κ1) is 43.0. The average molecular weight is 628 g/mol. The van der Waals surface area contributed by atoms with Crippen LogP contribution in [0.2, 0.25) is 0 Å². The molecule has 0 saturated carbocycles. The van der Waals surface area contributed by atoms with Gasteiger partial charge in [-0.2, -0.15) is 0 Å². The van der Waals surface area contributed by atoms with E-state index >= 15 is 0 Å². The molecule has 262 valence electrons. The van der Waals surface area contributed by atoms with E-state index in [0.29, 0.717) is 57.6 Å². The van der Waals surface area contributed by atoms with Gasteiger partial charge in [0.05, 0.1) is 38.6 Å². The summed E-state index contributed by atoms with van der Waals surface area (Å²) in [6.07, 6.45) is 16.0. The maximum absolute atomic E-state index is 12.2. The second kappa shape index (κ2) is 28.2. The Hall–Kier alpha value is -1.02. The quantitative estimate of drug-likeness (QED) is 0.0751. The van der Waals surface area contributed by atoms with E-state index in [-0.39, 0.29) is 29.3 Å². The fourth-order valence-electron chi connectivity index (χ4n) is 6.16. The highest BCUT2D eigenvalue weighted by molar-refractivity contribution is 5.76. The van der Waals surface area contributed by atoms with Crippen LogP contribution in [0.5, 0.6) is 0 Å². The van der Waals surface area contributed by atoms with Crippen molar-refractivity contribution in [3.05, 3.63) is 0 Å². The number of nitrogens with one attached hydrogen (secondary N) is 1. The lowest BCUT2D eigenvalue weighted by Gasteiger charge is -2.31. The second-order valence-corrected chi connectivity index (χ2v) is 13.7. The number of unbranched alkanes of at least 4 members (excludes halogenated alkanes) is 6. The molecule has 4 atom stereocenters. The number of hydrogen-bond acceptors (Lipinski definition) is 6. The van der Waals surface area contributed by atoms with E-state index in [1.54, 1.807) is 6.92 Å². The predicted octanol–water partition coefficient (Wildman–Crippen LogP) is 8.70. The first-order valence-electron chi connectivity index (χ1n) is 18.2. The number of amides is 1. The Labute approximate surface area is 272 Å². The van der Waals surface area contributed by atoms with Crippen LogP contribution in [0.15, 0.2) is 0 Å². The summed E-state index contributed by atoms with van der Waals surface area (Å²) in [6, 6.07) is 0. The molecular formula is C37H73NO6. The van der Waals surface area contributed by atoms with Gasteiger partial charge in [-0.3, -0.25) is 4.79 Å². The van der Waals surface area contributed by atoms with Crippen LogP contribution in [0.3, 0.4) is 0 Å². The van der Waals surface area contributed by atoms with Crippen molar-refractivity contribution in [1.29, 1.82) is 0 Å². The molecule has 0 aromatic heterocycles. The molecule has 7 heteroatoms. The zero-order chi connectivity index (χ0) is 33.1. The SMILES string of the molecule is CCCCCC(OCCOCC)C(C)CC(C)C(CCCCCCCC(=O)NCCCC(C)(C)CC(C)=O)OCCOCC. The molecule has 4 unspecified atom stereocenters. The highest BCUT2D eigenvalue weighted by Gasteiger charge is 2.25. The largest absolute Gasteiger partial charge is 0.379 e. The minimum atomic E-state index is 0.00867. The van der Waals surface area contributed by atoms with Gasteiger partial charge in [-0.25, -0.2) is 0 Å². The van der Waals surface area contributed by atoms with Crippen LogP contribution >= 0.6 is 0 Å². The van der Waals surface area contributed by atoms with Crippen molar-refractivity contribution in [3.8, 4) is 0 Å². The van der Waals surface area contributed by atoms with Crippen molar-refractivity contribution in [2.45, 2.75) is 164 Å². The van der Waals surface area contributed by atoms with E-state index in [9.17, 15) is 9.59 Å². The van der Waals surface area contributed by atoms with Crippen molar-refractivity contribution in [2.75, 3.05) is 46.2 Å². The van der Waals surface area contributed by atoms with Gasteiger partial charge in [0.2, 0.25) is 5.91 Å². The summed E-state index contributed by atoms with van der Waals surface area (Å²) in [4.78, 5) is 23.6. The van der Waals surface area contributed by atoms with Gasteiger partial charge in [0.15, 0.2) is 0 Å². The fourth-order valence-corrected chi connectivity index (χ4v) is 6.16. The minimum absolute atomic E-state index is 0.00867. The van der Waals surface area contributed by atoms with Gasteiger partial charge in [-0.1, -0.05) is 79.6 Å². The molecule has 7 nitrogen and oxygen atoms in total. The van der Waals surface area contributed by atoms with Crippen LogP contribution in [0.4, 0.5) is 0 Å². The topological polar surface area (TPSA) is 83.1 Å². The smallest absolute Gasteiger partial charge is 0.219 e. The van der Waals surface area contributed by atoms with Crippen molar-refractivity contribution in [3.63, 3.8) is 0 Å². The van der Waals surface area contributed by atoms with Crippen LogP contribution < -0.4 is 5.32 Å². The Morgan fingerprint density at radius 3 is 1.75 bits per heavy atom. The van der Waals surface area contributed by atoms with Crippen molar-refractivity contribution >= 4 is 11.7 Å². The van der Waals surface area contributed by atoms with Crippen molar-refractivity contribution in [2.24, 2.45) is 17.3 Å². The highest BCUT2D eigenvalue weighted by Crippen LogP contribution is 2.28. The summed E-state index contributed by atoms with van der Waals surface area (Å²) in [5.74, 6) is 1.30. The Balaban J connectivity index is 4.51. The average Bonchev–Trinajstić information content (AvgIpc) is 2.96. The molecule has 0 aliphatic rings. The number of hydrogen-bond donors (Lipinski definition) is 1. The van der Waals surface area contributed by atoms with Crippen LogP contribution in [-0.2, 0) is 28.5 Å². The zero-order valence-electron chi connectivity index (χ0n) is 30.3. The van der Waals surface area contributed by atoms with Crippen LogP contribution in [0.25, 0.3) is 0 Å². The highest BCUT2D eigenvalue weighted by atomic mass is 16.5. The first-order chi connectivity index (χ1) is 21.1. The summed E-state index contributed by atoms with van der Waals surface area (Å²) in [6.45, 7) is 21.7. The standard InChI is InChI=1S/C37H73NO6/c1-9-12-16-20-34(43-27-25-41-10-2)31(4)29-32(5)35(44-28-26-42-11-3)21-17-14-13-15-18-22-36(40)38-24-19-23-37(7,8)30-33(6)39/h31-32,34-35H,9-30H2,1-8H3,(H,38,40). The van der Waals surface area contributed by atoms with Gasteiger partial charge >= 0.3 is 0 Å². The molecular weight excluding hydrogens is 554 g/mol. The third-order valence-corrected chi connectivity index (χ3v) is 8.61. The van der Waals surface area contributed by atoms with Gasteiger partial charge < -0.3 is 29.1 Å². The first-order valence-corrected chi connectivity index (χ1v) is 18.2. The van der Waals surface area contributed by atoms with Gasteiger partial charge in [-0.15, -0.1) is 0 Å². The van der Waals surface area contributed by atoms with Crippen LogP contribution in [0, 0.1) is 17.3 Å². The van der Waals surface area contributed by atoms with Gasteiger partial charge in [-0.05, 0) is 76.5 Å². The normalized spacial score (nSPS) is 14.7.